The zero-order valence-corrected chi connectivity index (χ0v) is 37.7. The molecule has 1 spiro atoms. The van der Waals surface area contributed by atoms with Crippen molar-refractivity contribution in [2.24, 2.45) is 40.9 Å². The van der Waals surface area contributed by atoms with E-state index in [1.54, 1.807) is 6.07 Å². The van der Waals surface area contributed by atoms with Gasteiger partial charge in [0.2, 0.25) is 0 Å². The number of esters is 2. The molecule has 10 nitrogen and oxygen atoms in total. The lowest BCUT2D eigenvalue weighted by Crippen LogP contribution is -2.52. The van der Waals surface area contributed by atoms with Crippen molar-refractivity contribution in [2.75, 3.05) is 26.8 Å². The topological polar surface area (TPSA) is 149 Å². The highest BCUT2D eigenvalue weighted by Gasteiger charge is 2.68. The number of nitrogens with one attached hydrogen (secondary N) is 3. The average molecular weight is 880 g/mol. The Morgan fingerprint density at radius 2 is 1.72 bits per heavy atom. The van der Waals surface area contributed by atoms with Crippen LogP contribution in [0, 0.1) is 40.9 Å². The molecule has 0 amide bonds. The minimum absolute atomic E-state index is 0.00650. The second-order valence-electron chi connectivity index (χ2n) is 19.9. The molecule has 5 aliphatic carbocycles. The largest absolute Gasteiger partial charge is 0.508 e. The summed E-state index contributed by atoms with van der Waals surface area (Å²) in [6.07, 6.45) is 15.8. The third-order valence-electron chi connectivity index (χ3n) is 16.4. The summed E-state index contributed by atoms with van der Waals surface area (Å²) < 4.78 is 12.9. The number of phenols is 1. The maximum atomic E-state index is 15.0. The van der Waals surface area contributed by atoms with Crippen molar-refractivity contribution < 1.29 is 34.4 Å². The summed E-state index contributed by atoms with van der Waals surface area (Å²) in [7, 11) is 1.95. The molecule has 2 bridgehead atoms. The van der Waals surface area contributed by atoms with E-state index in [0.29, 0.717) is 66.7 Å². The highest BCUT2D eigenvalue weighted by Crippen LogP contribution is 2.72. The number of aliphatic hydroxyl groups is 2. The van der Waals surface area contributed by atoms with Crippen LogP contribution in [0.3, 0.4) is 0 Å². The fourth-order valence-electron chi connectivity index (χ4n) is 13.3. The van der Waals surface area contributed by atoms with Gasteiger partial charge in [-0.05, 0) is 178 Å². The molecule has 10 heteroatoms. The van der Waals surface area contributed by atoms with Gasteiger partial charge in [-0.2, -0.15) is 0 Å². The summed E-state index contributed by atoms with van der Waals surface area (Å²) >= 11 is 0. The number of cyclic esters (lactones) is 2. The predicted molar refractivity (Wildman–Crippen MR) is 250 cm³/mol. The van der Waals surface area contributed by atoms with Crippen LogP contribution in [0.4, 0.5) is 0 Å². The third kappa shape index (κ3) is 8.24. The molecule has 3 heterocycles. The number of benzene rings is 3. The first kappa shape index (κ1) is 44.0. The van der Waals surface area contributed by atoms with E-state index in [-0.39, 0.29) is 60.7 Å². The van der Waals surface area contributed by atoms with Crippen LogP contribution in [0.25, 0.3) is 16.7 Å². The summed E-state index contributed by atoms with van der Waals surface area (Å²) in [5.41, 5.74) is 7.28. The van der Waals surface area contributed by atoms with Crippen LogP contribution >= 0.6 is 0 Å². The summed E-state index contributed by atoms with van der Waals surface area (Å²) in [5, 5.41) is 42.9. The van der Waals surface area contributed by atoms with E-state index < -0.39 is 11.4 Å². The third-order valence-corrected chi connectivity index (χ3v) is 16.4. The number of hydrogen-bond acceptors (Lipinski definition) is 10. The van der Waals surface area contributed by atoms with Crippen LogP contribution in [0.1, 0.15) is 93.7 Å². The molecule has 4 fully saturated rings. The SMILES string of the molecule is CNC1CC(C(CO)CC=C2OC(=O)C3=C2CCC2C4CCC5(C(=CC(CCO)Cc6ccccc6)OC(=O)C5=C4c4cc(O)ccc4-c4cccc(CNC5CCCC5)c4)C32)CCN1. The summed E-state index contributed by atoms with van der Waals surface area (Å²) in [4.78, 5) is 29.6. The Labute approximate surface area is 383 Å². The Morgan fingerprint density at radius 3 is 2.52 bits per heavy atom. The fraction of sp³-hybridized carbons (Fsp3) is 0.491. The first-order chi connectivity index (χ1) is 31.8. The Morgan fingerprint density at radius 1 is 0.892 bits per heavy atom. The number of aliphatic hydroxyl groups excluding tert-OH is 2. The van der Waals surface area contributed by atoms with Gasteiger partial charge in [-0.3, -0.25) is 0 Å². The quantitative estimate of drug-likeness (QED) is 0.0825. The van der Waals surface area contributed by atoms with E-state index in [2.05, 4.69) is 58.4 Å². The van der Waals surface area contributed by atoms with E-state index in [9.17, 15) is 24.9 Å². The second-order valence-corrected chi connectivity index (χ2v) is 19.9. The van der Waals surface area contributed by atoms with Gasteiger partial charge in [0, 0.05) is 42.9 Å². The van der Waals surface area contributed by atoms with Gasteiger partial charge in [0.05, 0.1) is 17.2 Å². The van der Waals surface area contributed by atoms with Crippen LogP contribution in [-0.4, -0.2) is 66.3 Å². The average Bonchev–Trinajstić information content (AvgIpc) is 4.05. The lowest BCUT2D eigenvalue weighted by atomic mass is 9.44. The molecule has 3 aromatic rings. The number of fused-ring (bicyclic) bond motifs is 1. The predicted octanol–water partition coefficient (Wildman–Crippen LogP) is 8.24. The highest BCUT2D eigenvalue weighted by atomic mass is 16.6. The summed E-state index contributed by atoms with van der Waals surface area (Å²) in [6, 6.07) is 24.9. The Balaban J connectivity index is 1.09. The molecule has 3 aromatic carbocycles. The van der Waals surface area contributed by atoms with Crippen molar-refractivity contribution in [3.8, 4) is 16.9 Å². The van der Waals surface area contributed by atoms with E-state index in [4.69, 9.17) is 9.47 Å². The first-order valence-electron chi connectivity index (χ1n) is 24.5. The normalized spacial score (nSPS) is 29.6. The fourth-order valence-corrected chi connectivity index (χ4v) is 13.3. The molecule has 2 saturated carbocycles. The molecule has 0 aromatic heterocycles. The number of hydrogen-bond donors (Lipinski definition) is 6. The van der Waals surface area contributed by atoms with E-state index in [1.807, 2.05) is 43.5 Å². The number of aromatic hydroxyl groups is 1. The number of phenolic OH excluding ortho intramolecular Hbond substituents is 1. The van der Waals surface area contributed by atoms with Gasteiger partial charge in [0.15, 0.2) is 0 Å². The lowest BCUT2D eigenvalue weighted by Gasteiger charge is -2.56. The Hall–Kier alpha value is -4.84. The van der Waals surface area contributed by atoms with Gasteiger partial charge in [0.25, 0.3) is 0 Å². The molecule has 65 heavy (non-hydrogen) atoms. The van der Waals surface area contributed by atoms with Crippen molar-refractivity contribution in [3.05, 3.63) is 130 Å². The molecule has 8 aliphatic rings. The monoisotopic (exact) mass is 879 g/mol. The summed E-state index contributed by atoms with van der Waals surface area (Å²) in [5.74, 6) is 0.363. The van der Waals surface area contributed by atoms with E-state index in [0.717, 1.165) is 72.2 Å². The van der Waals surface area contributed by atoms with Gasteiger partial charge >= 0.3 is 11.9 Å². The molecular weight excluding hydrogens is 815 g/mol. The minimum atomic E-state index is -0.952. The van der Waals surface area contributed by atoms with Crippen molar-refractivity contribution in [3.63, 3.8) is 0 Å². The number of carbonyl (C=O) groups excluding carboxylic acids is 2. The number of piperidine rings is 1. The van der Waals surface area contributed by atoms with Crippen molar-refractivity contribution in [1.82, 2.24) is 16.0 Å². The highest BCUT2D eigenvalue weighted by molar-refractivity contribution is 6.07. The van der Waals surface area contributed by atoms with Crippen LogP contribution in [0.5, 0.6) is 5.75 Å². The number of carbonyl (C=O) groups is 2. The first-order valence-corrected chi connectivity index (χ1v) is 24.5. The van der Waals surface area contributed by atoms with Crippen LogP contribution in [0.15, 0.2) is 113 Å². The van der Waals surface area contributed by atoms with Gasteiger partial charge in [-0.25, -0.2) is 9.59 Å². The Kier molecular flexibility index (Phi) is 12.7. The molecule has 8 unspecified atom stereocenters. The van der Waals surface area contributed by atoms with Gasteiger partial charge < -0.3 is 40.7 Å². The second kappa shape index (κ2) is 18.8. The van der Waals surface area contributed by atoms with Crippen LogP contribution < -0.4 is 16.0 Å². The zero-order chi connectivity index (χ0) is 44.7. The van der Waals surface area contributed by atoms with Gasteiger partial charge in [-0.15, -0.1) is 0 Å². The maximum Gasteiger partial charge on any atom is 0.340 e. The molecule has 11 rings (SSSR count). The molecule has 0 radical (unpaired) electrons. The van der Waals surface area contributed by atoms with Crippen LogP contribution in [0.2, 0.25) is 0 Å². The molecule has 8 atom stereocenters. The number of rotatable bonds is 15. The maximum absolute atomic E-state index is 15.0. The number of ether oxygens (including phenoxy) is 2. The van der Waals surface area contributed by atoms with Crippen molar-refractivity contribution in [2.45, 2.75) is 102 Å². The molecule has 342 valence electrons. The molecule has 3 aliphatic heterocycles. The van der Waals surface area contributed by atoms with Gasteiger partial charge in [-0.1, -0.05) is 67.4 Å². The van der Waals surface area contributed by atoms with E-state index >= 15 is 0 Å². The van der Waals surface area contributed by atoms with E-state index in [1.165, 1.54) is 31.2 Å². The standard InChI is InChI=1S/C55H65N3O7/c1-56-48-29-36(21-24-57-48)38(32-60)14-19-46-44-18-17-43-42-20-23-55(51(43)50(44)53(62)64-46)47(28-34(22-25-59)26-33-8-3-2-4-9-33)65-54(63)52(55)49(42)45-30-40(61)15-16-41(45)37-11-7-10-35(27-37)31-58-39-12-5-6-13-39/h2-4,7-11,15-16,19,27-28,30,34,36,38-39,42-43,48,51,56-61H,5-6,12-14,17-18,20-26,29,31-32H2,1H3. The van der Waals surface area contributed by atoms with Crippen LogP contribution in [-0.2, 0) is 32.0 Å². The molecule has 2 saturated heterocycles. The smallest absolute Gasteiger partial charge is 0.340 e. The summed E-state index contributed by atoms with van der Waals surface area (Å²) in [6.45, 7) is 1.69. The zero-order valence-electron chi connectivity index (χ0n) is 37.7. The number of allylic oxidation sites excluding steroid dienone is 5. The molecule has 6 N–H and O–H groups in total. The van der Waals surface area contributed by atoms with Crippen molar-refractivity contribution >= 4 is 17.5 Å². The Bertz CT molecular complexity index is 2420. The molecular formula is C55H65N3O7. The lowest BCUT2D eigenvalue weighted by molar-refractivity contribution is -0.135. The van der Waals surface area contributed by atoms with Crippen molar-refractivity contribution in [1.29, 1.82) is 0 Å². The minimum Gasteiger partial charge on any atom is -0.508 e. The van der Waals surface area contributed by atoms with Gasteiger partial charge in [0.1, 0.15) is 17.3 Å².